The lowest BCUT2D eigenvalue weighted by Crippen LogP contribution is -2.51. The normalized spacial score (nSPS) is 19.1. The van der Waals surface area contributed by atoms with Crippen LogP contribution >= 0.6 is 0 Å². The van der Waals surface area contributed by atoms with Gasteiger partial charge in [0.1, 0.15) is 0 Å². The van der Waals surface area contributed by atoms with Crippen LogP contribution in [0.1, 0.15) is 0 Å². The average Bonchev–Trinajstić information content (AvgIpc) is 2.31. The van der Waals surface area contributed by atoms with Crippen LogP contribution in [0.2, 0.25) is 0 Å². The quantitative estimate of drug-likeness (QED) is 0.557. The van der Waals surface area contributed by atoms with Gasteiger partial charge in [-0.2, -0.15) is 4.98 Å². The third-order valence-corrected chi connectivity index (χ3v) is 1.48. The first-order chi connectivity index (χ1) is 4.86. The molecule has 0 amide bonds. The zero-order valence-corrected chi connectivity index (χ0v) is 5.27. The monoisotopic (exact) mass is 141 g/mol. The minimum Gasteiger partial charge on any atom is -0.389 e. The van der Waals surface area contributed by atoms with Gasteiger partial charge in [0, 0.05) is 0 Å². The number of hydrogen-bond donors (Lipinski definition) is 1. The van der Waals surface area contributed by atoms with Crippen LogP contribution in [-0.2, 0) is 0 Å². The summed E-state index contributed by atoms with van der Waals surface area (Å²) in [5.74, 6) is 0. The van der Waals surface area contributed by atoms with E-state index in [4.69, 9.17) is 9.63 Å². The van der Waals surface area contributed by atoms with Crippen LogP contribution in [0.25, 0.3) is 0 Å². The second-order valence-electron chi connectivity index (χ2n) is 2.28. The number of β-amino-alcohol motifs (C(OH)–C–C–N with tert-alkyl or cyclic N) is 1. The largest absolute Gasteiger partial charge is 0.389 e. The highest BCUT2D eigenvalue weighted by atomic mass is 16.5. The van der Waals surface area contributed by atoms with Crippen molar-refractivity contribution in [2.24, 2.45) is 0 Å². The zero-order valence-electron chi connectivity index (χ0n) is 5.27. The van der Waals surface area contributed by atoms with Gasteiger partial charge in [0.05, 0.1) is 19.2 Å². The highest BCUT2D eigenvalue weighted by molar-refractivity contribution is 5.29. The van der Waals surface area contributed by atoms with Crippen molar-refractivity contribution in [2.45, 2.75) is 6.10 Å². The molecule has 5 heteroatoms. The third-order valence-electron chi connectivity index (χ3n) is 1.48. The number of aliphatic hydroxyl groups is 1. The molecule has 0 aromatic carbocycles. The van der Waals surface area contributed by atoms with Gasteiger partial charge in [0.2, 0.25) is 0 Å². The molecular formula is C5H7N3O2. The number of hydrogen-bond acceptors (Lipinski definition) is 5. The minimum absolute atomic E-state index is 0.230. The second kappa shape index (κ2) is 1.95. The Morgan fingerprint density at radius 1 is 1.70 bits per heavy atom. The van der Waals surface area contributed by atoms with Crippen molar-refractivity contribution in [3.8, 4) is 0 Å². The first-order valence-corrected chi connectivity index (χ1v) is 3.06. The summed E-state index contributed by atoms with van der Waals surface area (Å²) in [4.78, 5) is 5.63. The van der Waals surface area contributed by atoms with Crippen molar-refractivity contribution in [1.82, 2.24) is 10.1 Å². The van der Waals surface area contributed by atoms with Crippen molar-refractivity contribution in [1.29, 1.82) is 0 Å². The fourth-order valence-electron chi connectivity index (χ4n) is 0.918. The summed E-state index contributed by atoms with van der Waals surface area (Å²) in [6.07, 6.45) is 1.12. The predicted molar refractivity (Wildman–Crippen MR) is 32.5 cm³/mol. The molecule has 1 N–H and O–H groups in total. The van der Waals surface area contributed by atoms with E-state index in [1.807, 2.05) is 4.90 Å². The van der Waals surface area contributed by atoms with E-state index in [-0.39, 0.29) is 6.10 Å². The summed E-state index contributed by atoms with van der Waals surface area (Å²) in [5, 5.41) is 12.3. The summed E-state index contributed by atoms with van der Waals surface area (Å²) in [7, 11) is 0. The van der Waals surface area contributed by atoms with Crippen molar-refractivity contribution in [2.75, 3.05) is 18.0 Å². The lowest BCUT2D eigenvalue weighted by molar-refractivity contribution is 0.135. The van der Waals surface area contributed by atoms with E-state index in [9.17, 15) is 0 Å². The van der Waals surface area contributed by atoms with Gasteiger partial charge in [-0.3, -0.25) is 0 Å². The van der Waals surface area contributed by atoms with Crippen LogP contribution in [0.4, 0.5) is 6.01 Å². The van der Waals surface area contributed by atoms with Crippen LogP contribution in [0.5, 0.6) is 0 Å². The molecule has 2 rings (SSSR count). The molecule has 0 atom stereocenters. The molecule has 1 aliphatic heterocycles. The maximum absolute atomic E-state index is 8.89. The van der Waals surface area contributed by atoms with Gasteiger partial charge in [-0.25, -0.2) is 0 Å². The molecule has 10 heavy (non-hydrogen) atoms. The summed E-state index contributed by atoms with van der Waals surface area (Å²) < 4.78 is 4.74. The molecular weight excluding hydrogens is 134 g/mol. The SMILES string of the molecule is OC1CN(c2ncno2)C1. The number of aliphatic hydroxyl groups excluding tert-OH is 1. The smallest absolute Gasteiger partial charge is 0.323 e. The molecule has 0 bridgehead atoms. The van der Waals surface area contributed by atoms with Crippen LogP contribution in [0, 0.1) is 0 Å². The summed E-state index contributed by atoms with van der Waals surface area (Å²) >= 11 is 0. The van der Waals surface area contributed by atoms with E-state index in [1.54, 1.807) is 0 Å². The van der Waals surface area contributed by atoms with Crippen LogP contribution in [0.3, 0.4) is 0 Å². The fraction of sp³-hybridized carbons (Fsp3) is 0.600. The lowest BCUT2D eigenvalue weighted by atomic mass is 10.2. The van der Waals surface area contributed by atoms with Crippen molar-refractivity contribution in [3.05, 3.63) is 6.33 Å². The van der Waals surface area contributed by atoms with Crippen molar-refractivity contribution < 1.29 is 9.63 Å². The summed E-state index contributed by atoms with van der Waals surface area (Å²) in [6, 6.07) is 0.491. The van der Waals surface area contributed by atoms with Gasteiger partial charge < -0.3 is 14.5 Å². The molecule has 1 aromatic rings. The highest BCUT2D eigenvalue weighted by Gasteiger charge is 2.27. The van der Waals surface area contributed by atoms with E-state index < -0.39 is 0 Å². The van der Waals surface area contributed by atoms with Crippen molar-refractivity contribution in [3.63, 3.8) is 0 Å². The molecule has 0 aliphatic carbocycles. The summed E-state index contributed by atoms with van der Waals surface area (Å²) in [6.45, 7) is 1.20. The Morgan fingerprint density at radius 3 is 3.00 bits per heavy atom. The van der Waals surface area contributed by atoms with Crippen LogP contribution in [-0.4, -0.2) is 34.4 Å². The molecule has 54 valence electrons. The van der Waals surface area contributed by atoms with Gasteiger partial charge in [0.25, 0.3) is 0 Å². The van der Waals surface area contributed by atoms with E-state index in [1.165, 1.54) is 6.33 Å². The number of anilines is 1. The van der Waals surface area contributed by atoms with E-state index in [0.29, 0.717) is 19.1 Å². The molecule has 0 saturated carbocycles. The standard InChI is InChI=1S/C5H7N3O2/c9-4-1-8(2-4)5-6-3-7-10-5/h3-4,9H,1-2H2. The molecule has 0 spiro atoms. The first kappa shape index (κ1) is 5.67. The third kappa shape index (κ3) is 0.750. The average molecular weight is 141 g/mol. The molecule has 5 nitrogen and oxygen atoms in total. The Kier molecular flexibility index (Phi) is 1.10. The van der Waals surface area contributed by atoms with Gasteiger partial charge in [-0.1, -0.05) is 5.16 Å². The van der Waals surface area contributed by atoms with Crippen LogP contribution < -0.4 is 4.90 Å². The second-order valence-corrected chi connectivity index (χ2v) is 2.28. The van der Waals surface area contributed by atoms with Gasteiger partial charge in [-0.05, 0) is 0 Å². The Labute approximate surface area is 57.3 Å². The minimum atomic E-state index is -0.230. The van der Waals surface area contributed by atoms with Crippen molar-refractivity contribution >= 4 is 6.01 Å². The Hall–Kier alpha value is -1.10. The van der Waals surface area contributed by atoms with E-state index in [0.717, 1.165) is 0 Å². The number of aromatic nitrogens is 2. The van der Waals surface area contributed by atoms with Gasteiger partial charge in [-0.15, -0.1) is 0 Å². The Morgan fingerprint density at radius 2 is 2.50 bits per heavy atom. The predicted octanol–water partition coefficient (Wildman–Crippen LogP) is -0.750. The van der Waals surface area contributed by atoms with Crippen LogP contribution in [0.15, 0.2) is 10.9 Å². The molecule has 0 radical (unpaired) electrons. The zero-order chi connectivity index (χ0) is 6.97. The van der Waals surface area contributed by atoms with Gasteiger partial charge >= 0.3 is 6.01 Å². The summed E-state index contributed by atoms with van der Waals surface area (Å²) in [5.41, 5.74) is 0. The van der Waals surface area contributed by atoms with Gasteiger partial charge in [0.15, 0.2) is 6.33 Å². The number of nitrogens with zero attached hydrogens (tertiary/aromatic N) is 3. The topological polar surface area (TPSA) is 62.4 Å². The fourth-order valence-corrected chi connectivity index (χ4v) is 0.918. The lowest BCUT2D eigenvalue weighted by Gasteiger charge is -2.33. The molecule has 1 saturated heterocycles. The molecule has 2 heterocycles. The molecule has 1 fully saturated rings. The first-order valence-electron chi connectivity index (χ1n) is 3.06. The molecule has 1 aromatic heterocycles. The number of rotatable bonds is 1. The Balaban J connectivity index is 2.04. The Bertz CT molecular complexity index is 205. The maximum atomic E-state index is 8.89. The molecule has 0 unspecified atom stereocenters. The maximum Gasteiger partial charge on any atom is 0.323 e. The van der Waals surface area contributed by atoms with E-state index in [2.05, 4.69) is 10.1 Å². The molecule has 1 aliphatic rings. The highest BCUT2D eigenvalue weighted by Crippen LogP contribution is 2.16. The van der Waals surface area contributed by atoms with E-state index >= 15 is 0 Å².